The van der Waals surface area contributed by atoms with E-state index < -0.39 is 0 Å². The van der Waals surface area contributed by atoms with Crippen molar-refractivity contribution in [3.8, 4) is 0 Å². The lowest BCUT2D eigenvalue weighted by Crippen LogP contribution is -2.57. The summed E-state index contributed by atoms with van der Waals surface area (Å²) in [6, 6.07) is -0.0398. The van der Waals surface area contributed by atoms with Crippen LogP contribution in [0.2, 0.25) is 0 Å². The number of likely N-dealkylation sites (tertiary alicyclic amines) is 1. The van der Waals surface area contributed by atoms with Gasteiger partial charge in [0.2, 0.25) is 5.91 Å². The standard InChI is InChI=1S/C21H41N5O2/c1-5-21(6-2,17-27)16-23-20(22-7-3)26-14-12-24(13-15-26)18(4)19(28)25-10-8-9-11-25/h18,27H,5-17H2,1-4H3,(H,22,23). The minimum atomic E-state index is -0.126. The Morgan fingerprint density at radius 2 is 1.64 bits per heavy atom. The van der Waals surface area contributed by atoms with Gasteiger partial charge in [-0.05, 0) is 39.5 Å². The van der Waals surface area contributed by atoms with Crippen LogP contribution in [-0.4, -0.2) is 96.7 Å². The molecule has 0 aromatic rings. The quantitative estimate of drug-likeness (QED) is 0.480. The van der Waals surface area contributed by atoms with Crippen LogP contribution in [0, 0.1) is 5.41 Å². The van der Waals surface area contributed by atoms with Gasteiger partial charge in [-0.1, -0.05) is 13.8 Å². The van der Waals surface area contributed by atoms with Crippen LogP contribution >= 0.6 is 0 Å². The summed E-state index contributed by atoms with van der Waals surface area (Å²) in [5.41, 5.74) is -0.126. The summed E-state index contributed by atoms with van der Waals surface area (Å²) in [5, 5.41) is 13.2. The summed E-state index contributed by atoms with van der Waals surface area (Å²) in [6.07, 6.45) is 4.12. The van der Waals surface area contributed by atoms with Gasteiger partial charge in [0.25, 0.3) is 0 Å². The second-order valence-electron chi connectivity index (χ2n) is 8.27. The Hall–Kier alpha value is -1.34. The van der Waals surface area contributed by atoms with Crippen LogP contribution in [0.25, 0.3) is 0 Å². The van der Waals surface area contributed by atoms with E-state index >= 15 is 0 Å². The third-order valence-electron chi connectivity index (χ3n) is 6.67. The van der Waals surface area contributed by atoms with Crippen LogP contribution in [0.15, 0.2) is 4.99 Å². The van der Waals surface area contributed by atoms with Crippen molar-refractivity contribution in [3.05, 3.63) is 0 Å². The molecule has 162 valence electrons. The van der Waals surface area contributed by atoms with E-state index in [0.29, 0.717) is 6.54 Å². The van der Waals surface area contributed by atoms with E-state index in [1.165, 1.54) is 0 Å². The van der Waals surface area contributed by atoms with Crippen LogP contribution in [0.3, 0.4) is 0 Å². The molecule has 2 fully saturated rings. The average molecular weight is 396 g/mol. The molecule has 2 heterocycles. The monoisotopic (exact) mass is 395 g/mol. The number of carbonyl (C=O) groups is 1. The number of aliphatic hydroxyl groups is 1. The molecule has 0 bridgehead atoms. The first-order chi connectivity index (χ1) is 13.5. The molecule has 1 unspecified atom stereocenters. The zero-order valence-electron chi connectivity index (χ0n) is 18.4. The summed E-state index contributed by atoms with van der Waals surface area (Å²) in [4.78, 5) is 24.2. The average Bonchev–Trinajstić information content (AvgIpc) is 3.28. The molecular formula is C21H41N5O2. The lowest BCUT2D eigenvalue weighted by atomic mass is 9.83. The van der Waals surface area contributed by atoms with Gasteiger partial charge in [-0.25, -0.2) is 0 Å². The van der Waals surface area contributed by atoms with Crippen molar-refractivity contribution in [3.63, 3.8) is 0 Å². The first-order valence-electron chi connectivity index (χ1n) is 11.2. The van der Waals surface area contributed by atoms with Crippen LogP contribution in [-0.2, 0) is 4.79 Å². The molecule has 0 saturated carbocycles. The van der Waals surface area contributed by atoms with Crippen LogP contribution in [0.5, 0.6) is 0 Å². The number of piperazine rings is 1. The third-order valence-corrected chi connectivity index (χ3v) is 6.67. The van der Waals surface area contributed by atoms with Crippen LogP contribution in [0.4, 0.5) is 0 Å². The predicted octanol–water partition coefficient (Wildman–Crippen LogP) is 1.38. The molecule has 0 aromatic carbocycles. The van der Waals surface area contributed by atoms with E-state index in [0.717, 1.165) is 77.5 Å². The molecule has 7 heteroatoms. The molecule has 7 nitrogen and oxygen atoms in total. The molecule has 2 aliphatic heterocycles. The number of aliphatic hydroxyl groups excluding tert-OH is 1. The van der Waals surface area contributed by atoms with Gasteiger partial charge < -0.3 is 20.2 Å². The highest BCUT2D eigenvalue weighted by molar-refractivity contribution is 5.82. The molecule has 0 radical (unpaired) electrons. The zero-order valence-corrected chi connectivity index (χ0v) is 18.4. The van der Waals surface area contributed by atoms with E-state index in [9.17, 15) is 9.90 Å². The first kappa shape index (κ1) is 22.9. The van der Waals surface area contributed by atoms with Gasteiger partial charge in [-0.15, -0.1) is 0 Å². The molecule has 2 rings (SSSR count). The van der Waals surface area contributed by atoms with E-state index in [1.807, 2.05) is 11.8 Å². The molecule has 2 saturated heterocycles. The Morgan fingerprint density at radius 3 is 2.14 bits per heavy atom. The molecule has 1 atom stereocenters. The van der Waals surface area contributed by atoms with Gasteiger partial charge in [0.05, 0.1) is 19.2 Å². The Bertz CT molecular complexity index is 499. The van der Waals surface area contributed by atoms with Crippen molar-refractivity contribution in [2.75, 3.05) is 59.0 Å². The number of guanidine groups is 1. The Labute approximate surface area is 171 Å². The molecule has 2 N–H and O–H groups in total. The van der Waals surface area contributed by atoms with Gasteiger partial charge in [-0.2, -0.15) is 0 Å². The van der Waals surface area contributed by atoms with E-state index in [-0.39, 0.29) is 24.0 Å². The molecule has 28 heavy (non-hydrogen) atoms. The zero-order chi connectivity index (χ0) is 20.6. The predicted molar refractivity (Wildman–Crippen MR) is 115 cm³/mol. The van der Waals surface area contributed by atoms with Crippen LogP contribution in [0.1, 0.15) is 53.4 Å². The molecular weight excluding hydrogens is 354 g/mol. The highest BCUT2D eigenvalue weighted by Gasteiger charge is 2.31. The first-order valence-corrected chi connectivity index (χ1v) is 11.2. The van der Waals surface area contributed by atoms with Gasteiger partial charge >= 0.3 is 0 Å². The number of rotatable bonds is 8. The number of amides is 1. The van der Waals surface area contributed by atoms with Gasteiger partial charge in [0.15, 0.2) is 5.96 Å². The van der Waals surface area contributed by atoms with Crippen molar-refractivity contribution in [1.29, 1.82) is 0 Å². The van der Waals surface area contributed by atoms with Gasteiger partial charge in [0, 0.05) is 51.2 Å². The Balaban J connectivity index is 1.94. The minimum Gasteiger partial charge on any atom is -0.396 e. The number of aliphatic imine (C=N–C) groups is 1. The molecule has 1 amide bonds. The normalized spacial score (nSPS) is 20.5. The maximum absolute atomic E-state index is 12.7. The van der Waals surface area contributed by atoms with E-state index in [1.54, 1.807) is 0 Å². The van der Waals surface area contributed by atoms with Crippen molar-refractivity contribution in [1.82, 2.24) is 20.0 Å². The fraction of sp³-hybridized carbons (Fsp3) is 0.905. The molecule has 2 aliphatic rings. The van der Waals surface area contributed by atoms with Crippen molar-refractivity contribution in [2.45, 2.75) is 59.4 Å². The molecule has 0 aromatic heterocycles. The van der Waals surface area contributed by atoms with E-state index in [4.69, 9.17) is 4.99 Å². The summed E-state index contributed by atoms with van der Waals surface area (Å²) in [6.45, 7) is 15.3. The smallest absolute Gasteiger partial charge is 0.239 e. The topological polar surface area (TPSA) is 71.4 Å². The lowest BCUT2D eigenvalue weighted by molar-refractivity contribution is -0.135. The Kier molecular flexibility index (Phi) is 9.02. The highest BCUT2D eigenvalue weighted by Crippen LogP contribution is 2.26. The number of hydrogen-bond donors (Lipinski definition) is 2. The minimum absolute atomic E-state index is 0.0398. The maximum Gasteiger partial charge on any atom is 0.239 e. The molecule has 0 spiro atoms. The number of hydrogen-bond acceptors (Lipinski definition) is 4. The number of carbonyl (C=O) groups excluding carboxylic acids is 1. The van der Waals surface area contributed by atoms with Crippen molar-refractivity contribution in [2.24, 2.45) is 10.4 Å². The van der Waals surface area contributed by atoms with Crippen LogP contribution < -0.4 is 5.32 Å². The maximum atomic E-state index is 12.7. The summed E-state index contributed by atoms with van der Waals surface area (Å²) >= 11 is 0. The second-order valence-corrected chi connectivity index (χ2v) is 8.27. The van der Waals surface area contributed by atoms with Crippen molar-refractivity contribution < 1.29 is 9.90 Å². The Morgan fingerprint density at radius 1 is 1.04 bits per heavy atom. The fourth-order valence-corrected chi connectivity index (χ4v) is 4.09. The van der Waals surface area contributed by atoms with Crippen molar-refractivity contribution >= 4 is 11.9 Å². The fourth-order valence-electron chi connectivity index (χ4n) is 4.09. The summed E-state index contributed by atoms with van der Waals surface area (Å²) in [5.74, 6) is 1.21. The largest absolute Gasteiger partial charge is 0.396 e. The lowest BCUT2D eigenvalue weighted by Gasteiger charge is -2.40. The molecule has 0 aliphatic carbocycles. The van der Waals surface area contributed by atoms with E-state index in [2.05, 4.69) is 35.9 Å². The summed E-state index contributed by atoms with van der Waals surface area (Å²) in [7, 11) is 0. The number of nitrogens with zero attached hydrogens (tertiary/aromatic N) is 4. The number of nitrogens with one attached hydrogen (secondary N) is 1. The second kappa shape index (κ2) is 11.0. The highest BCUT2D eigenvalue weighted by atomic mass is 16.3. The van der Waals surface area contributed by atoms with Gasteiger partial charge in [-0.3, -0.25) is 14.7 Å². The third kappa shape index (κ3) is 5.60. The van der Waals surface area contributed by atoms with Gasteiger partial charge in [0.1, 0.15) is 0 Å². The summed E-state index contributed by atoms with van der Waals surface area (Å²) < 4.78 is 0. The SMILES string of the molecule is CCNC(=NCC(CC)(CC)CO)N1CCN(C(C)C(=O)N2CCCC2)CC1.